The van der Waals surface area contributed by atoms with E-state index in [9.17, 15) is 13.2 Å². The molecule has 0 bridgehead atoms. The van der Waals surface area contributed by atoms with Crippen molar-refractivity contribution in [2.75, 3.05) is 19.8 Å². The van der Waals surface area contributed by atoms with Gasteiger partial charge in [0.1, 0.15) is 0 Å². The van der Waals surface area contributed by atoms with Gasteiger partial charge in [0.15, 0.2) is 0 Å². The molecular formula is C18H24N4O3S. The third-order valence-electron chi connectivity index (χ3n) is 3.36. The Balaban J connectivity index is 2.90. The number of hydrogen-bond acceptors (Lipinski definition) is 5. The Bertz CT molecular complexity index is 903. The van der Waals surface area contributed by atoms with Crippen LogP contribution in [0.25, 0.3) is 0 Å². The zero-order valence-electron chi connectivity index (χ0n) is 15.5. The van der Waals surface area contributed by atoms with E-state index in [1.165, 1.54) is 18.5 Å². The monoisotopic (exact) mass is 376 g/mol. The van der Waals surface area contributed by atoms with Gasteiger partial charge in [-0.1, -0.05) is 13.2 Å². The van der Waals surface area contributed by atoms with Gasteiger partial charge in [-0.15, -0.1) is 0 Å². The molecule has 0 saturated carbocycles. The normalized spacial score (nSPS) is 13.5. The van der Waals surface area contributed by atoms with E-state index in [0.717, 1.165) is 21.5 Å². The van der Waals surface area contributed by atoms with Crippen LogP contribution in [0.4, 0.5) is 0 Å². The van der Waals surface area contributed by atoms with Gasteiger partial charge in [-0.25, -0.2) is 8.42 Å². The molecule has 140 valence electrons. The zero-order chi connectivity index (χ0) is 19.9. The number of amides is 1. The topological polar surface area (TPSA) is 92.9 Å². The van der Waals surface area contributed by atoms with Crippen LogP contribution in [0.2, 0.25) is 0 Å². The van der Waals surface area contributed by atoms with Crippen LogP contribution in [-0.2, 0) is 10.0 Å². The molecule has 0 saturated heterocycles. The highest BCUT2D eigenvalue weighted by Gasteiger charge is 2.12. The lowest BCUT2D eigenvalue weighted by Crippen LogP contribution is -2.28. The molecule has 0 fully saturated rings. The molecule has 0 radical (unpaired) electrons. The number of allylic oxidation sites excluding steroid dienone is 2. The minimum absolute atomic E-state index is 0.166. The molecule has 0 unspecified atom stereocenters. The Morgan fingerprint density at radius 2 is 2.04 bits per heavy atom. The highest BCUT2D eigenvalue weighted by Crippen LogP contribution is 2.10. The number of aliphatic imine (C=N–C) groups is 2. The van der Waals surface area contributed by atoms with Crippen LogP contribution in [0, 0.1) is 0 Å². The summed E-state index contributed by atoms with van der Waals surface area (Å²) in [5, 5.41) is 2.71. The number of hydrogen-bond donors (Lipinski definition) is 1. The molecule has 1 heterocycles. The van der Waals surface area contributed by atoms with Gasteiger partial charge < -0.3 is 5.32 Å². The quantitative estimate of drug-likeness (QED) is 0.557. The van der Waals surface area contributed by atoms with Crippen molar-refractivity contribution in [3.05, 3.63) is 60.6 Å². The summed E-state index contributed by atoms with van der Waals surface area (Å²) in [6.07, 6.45) is 7.02. The molecule has 26 heavy (non-hydrogen) atoms. The van der Waals surface area contributed by atoms with E-state index in [-0.39, 0.29) is 12.1 Å². The highest BCUT2D eigenvalue weighted by atomic mass is 32.2. The largest absolute Gasteiger partial charge is 0.346 e. The van der Waals surface area contributed by atoms with E-state index < -0.39 is 15.9 Å². The molecule has 0 aliphatic rings. The Kier molecular flexibility index (Phi) is 7.45. The van der Waals surface area contributed by atoms with Crippen molar-refractivity contribution in [3.8, 4) is 0 Å². The standard InChI is InChI=1S/C18H24N4O3S/c1-7-14(4)21-17(13(2)3)10-16(19-5)11-20-18(23)15-8-9-22(12-15)26(6,24)25/h7-10,12H,1-2,11H2,3-6H3,(H,20,23)/b17-10+,19-16?,21-14?. The van der Waals surface area contributed by atoms with E-state index in [4.69, 9.17) is 0 Å². The van der Waals surface area contributed by atoms with Crippen LogP contribution in [0.5, 0.6) is 0 Å². The lowest BCUT2D eigenvalue weighted by molar-refractivity contribution is 0.0959. The molecule has 1 aromatic heterocycles. The number of rotatable bonds is 8. The van der Waals surface area contributed by atoms with Gasteiger partial charge in [0.05, 0.1) is 29.8 Å². The van der Waals surface area contributed by atoms with Gasteiger partial charge in [-0.2, -0.15) is 0 Å². The predicted octanol–water partition coefficient (Wildman–Crippen LogP) is 2.20. The maximum Gasteiger partial charge on any atom is 0.253 e. The van der Waals surface area contributed by atoms with Crippen molar-refractivity contribution < 1.29 is 13.2 Å². The summed E-state index contributed by atoms with van der Waals surface area (Å²) in [6, 6.07) is 1.44. The molecule has 8 heteroatoms. The van der Waals surface area contributed by atoms with Crippen molar-refractivity contribution in [3.63, 3.8) is 0 Å². The fraction of sp³-hybridized carbons (Fsp3) is 0.278. The summed E-state index contributed by atoms with van der Waals surface area (Å²) < 4.78 is 23.9. The molecule has 1 N–H and O–H groups in total. The van der Waals surface area contributed by atoms with E-state index in [0.29, 0.717) is 11.4 Å². The first kappa shape index (κ1) is 21.3. The molecule has 0 aliphatic carbocycles. The van der Waals surface area contributed by atoms with Gasteiger partial charge in [0, 0.05) is 25.2 Å². The molecule has 0 aliphatic heterocycles. The number of nitrogens with zero attached hydrogens (tertiary/aromatic N) is 3. The van der Waals surface area contributed by atoms with Gasteiger partial charge in [0.25, 0.3) is 5.91 Å². The van der Waals surface area contributed by atoms with Crippen LogP contribution in [0.15, 0.2) is 65.0 Å². The summed E-state index contributed by atoms with van der Waals surface area (Å²) in [7, 11) is -1.81. The second-order valence-corrected chi connectivity index (χ2v) is 7.55. The fourth-order valence-corrected chi connectivity index (χ4v) is 2.42. The first-order valence-electron chi connectivity index (χ1n) is 7.76. The van der Waals surface area contributed by atoms with E-state index in [1.807, 2.05) is 13.8 Å². The minimum Gasteiger partial charge on any atom is -0.346 e. The van der Waals surface area contributed by atoms with Crippen LogP contribution in [-0.4, -0.2) is 49.6 Å². The SMILES string of the molecule is C=CC(C)=N/C(=C/C(CNC(=O)c1ccn(S(C)(=O)=O)c1)=NC)C(=C)C. The lowest BCUT2D eigenvalue weighted by atomic mass is 10.2. The van der Waals surface area contributed by atoms with Crippen LogP contribution >= 0.6 is 0 Å². The number of aromatic nitrogens is 1. The first-order valence-corrected chi connectivity index (χ1v) is 9.61. The van der Waals surface area contributed by atoms with Gasteiger partial charge in [0.2, 0.25) is 10.0 Å². The summed E-state index contributed by atoms with van der Waals surface area (Å²) in [5.74, 6) is -0.399. The minimum atomic E-state index is -3.42. The van der Waals surface area contributed by atoms with Gasteiger partial charge in [-0.05, 0) is 37.6 Å². The number of carbonyl (C=O) groups excluding carboxylic acids is 1. The van der Waals surface area contributed by atoms with E-state index in [1.54, 1.807) is 19.2 Å². The summed E-state index contributed by atoms with van der Waals surface area (Å²) in [5.41, 5.74) is 2.97. The smallest absolute Gasteiger partial charge is 0.253 e. The second kappa shape index (κ2) is 9.10. The molecular weight excluding hydrogens is 352 g/mol. The third kappa shape index (κ3) is 6.29. The molecule has 7 nitrogen and oxygen atoms in total. The van der Waals surface area contributed by atoms with Crippen molar-refractivity contribution >= 4 is 27.4 Å². The summed E-state index contributed by atoms with van der Waals surface area (Å²) >= 11 is 0. The van der Waals surface area contributed by atoms with Crippen molar-refractivity contribution in [2.45, 2.75) is 13.8 Å². The Hall–Kier alpha value is -2.74. The fourth-order valence-electron chi connectivity index (χ4n) is 1.83. The number of carbonyl (C=O) groups is 1. The predicted molar refractivity (Wildman–Crippen MR) is 107 cm³/mol. The molecule has 0 aromatic carbocycles. The molecule has 0 spiro atoms. The average Bonchev–Trinajstić information content (AvgIpc) is 3.07. The second-order valence-electron chi connectivity index (χ2n) is 5.66. The molecule has 1 amide bonds. The first-order chi connectivity index (χ1) is 12.1. The third-order valence-corrected chi connectivity index (χ3v) is 4.36. The highest BCUT2D eigenvalue weighted by molar-refractivity contribution is 7.89. The maximum absolute atomic E-state index is 12.2. The maximum atomic E-state index is 12.2. The summed E-state index contributed by atoms with van der Waals surface area (Å²) in [4.78, 5) is 20.7. The van der Waals surface area contributed by atoms with Crippen molar-refractivity contribution in [1.29, 1.82) is 0 Å². The van der Waals surface area contributed by atoms with E-state index >= 15 is 0 Å². The van der Waals surface area contributed by atoms with Crippen LogP contribution in [0.1, 0.15) is 24.2 Å². The molecule has 1 aromatic rings. The Morgan fingerprint density at radius 3 is 2.50 bits per heavy atom. The van der Waals surface area contributed by atoms with Crippen LogP contribution in [0.3, 0.4) is 0 Å². The number of nitrogens with one attached hydrogen (secondary N) is 1. The van der Waals surface area contributed by atoms with Crippen molar-refractivity contribution in [1.82, 2.24) is 9.29 Å². The van der Waals surface area contributed by atoms with Gasteiger partial charge >= 0.3 is 0 Å². The molecule has 1 rings (SSSR count). The molecule has 0 atom stereocenters. The van der Waals surface area contributed by atoms with E-state index in [2.05, 4.69) is 28.5 Å². The van der Waals surface area contributed by atoms with Crippen molar-refractivity contribution in [2.24, 2.45) is 9.98 Å². The Labute approximate surface area is 154 Å². The Morgan fingerprint density at radius 1 is 1.38 bits per heavy atom. The lowest BCUT2D eigenvalue weighted by Gasteiger charge is -2.07. The van der Waals surface area contributed by atoms with Gasteiger partial charge in [-0.3, -0.25) is 18.8 Å². The summed E-state index contributed by atoms with van der Waals surface area (Å²) in [6.45, 7) is 11.4. The zero-order valence-corrected chi connectivity index (χ0v) is 16.3. The average molecular weight is 376 g/mol. The van der Waals surface area contributed by atoms with Crippen LogP contribution < -0.4 is 5.32 Å².